The van der Waals surface area contributed by atoms with Gasteiger partial charge in [-0.15, -0.1) is 12.4 Å². The Morgan fingerprint density at radius 3 is 2.65 bits per heavy atom. The van der Waals surface area contributed by atoms with Gasteiger partial charge < -0.3 is 5.32 Å². The first kappa shape index (κ1) is 17.7. The monoisotopic (exact) mass is 320 g/mol. The number of benzene rings is 1. The Morgan fingerprint density at radius 2 is 2.05 bits per heavy atom. The molecule has 5 heteroatoms. The topological polar surface area (TPSA) is 15.3 Å². The molecule has 1 saturated heterocycles. The minimum Gasteiger partial charge on any atom is -0.317 e. The Hall–Kier alpha value is -0.350. The Labute approximate surface area is 132 Å². The van der Waals surface area contributed by atoms with Crippen molar-refractivity contribution < 1.29 is 4.39 Å². The van der Waals surface area contributed by atoms with Crippen LogP contribution in [0.25, 0.3) is 0 Å². The third-order valence-electron chi connectivity index (χ3n) is 3.72. The van der Waals surface area contributed by atoms with E-state index < -0.39 is 0 Å². The van der Waals surface area contributed by atoms with E-state index in [0.29, 0.717) is 17.6 Å². The van der Waals surface area contributed by atoms with Gasteiger partial charge in [0, 0.05) is 23.2 Å². The molecule has 1 fully saturated rings. The lowest BCUT2D eigenvalue weighted by Gasteiger charge is -2.34. The number of hydrogen-bond acceptors (Lipinski definition) is 2. The summed E-state index contributed by atoms with van der Waals surface area (Å²) in [6.07, 6.45) is 3.39. The molecule has 114 valence electrons. The zero-order valence-electron chi connectivity index (χ0n) is 11.9. The largest absolute Gasteiger partial charge is 0.317 e. The van der Waals surface area contributed by atoms with Crippen LogP contribution in [0.3, 0.4) is 0 Å². The van der Waals surface area contributed by atoms with E-state index in [4.69, 9.17) is 11.6 Å². The molecule has 1 heterocycles. The molecule has 1 aliphatic rings. The van der Waals surface area contributed by atoms with Crippen LogP contribution >= 0.6 is 24.0 Å². The molecular weight excluding hydrogens is 298 g/mol. The normalized spacial score (nSPS) is 16.2. The number of piperidine rings is 1. The summed E-state index contributed by atoms with van der Waals surface area (Å²) in [4.78, 5) is 2.41. The molecule has 0 aliphatic carbocycles. The van der Waals surface area contributed by atoms with Crippen LogP contribution < -0.4 is 5.32 Å². The molecule has 0 amide bonds. The lowest BCUT2D eigenvalue weighted by Crippen LogP contribution is -2.43. The molecule has 0 aromatic heterocycles. The lowest BCUT2D eigenvalue weighted by atomic mass is 10.0. The molecule has 20 heavy (non-hydrogen) atoms. The summed E-state index contributed by atoms with van der Waals surface area (Å²) >= 11 is 5.80. The first-order valence-corrected chi connectivity index (χ1v) is 7.47. The summed E-state index contributed by atoms with van der Waals surface area (Å²) < 4.78 is 13.9. The minimum atomic E-state index is -0.192. The van der Waals surface area contributed by atoms with E-state index >= 15 is 0 Å². The first-order valence-electron chi connectivity index (χ1n) is 7.09. The van der Waals surface area contributed by atoms with Crippen molar-refractivity contribution in [2.75, 3.05) is 19.6 Å². The number of hydrogen-bond donors (Lipinski definition) is 1. The maximum atomic E-state index is 13.9. The number of halogens is 3. The van der Waals surface area contributed by atoms with Gasteiger partial charge in [0.2, 0.25) is 0 Å². The van der Waals surface area contributed by atoms with E-state index in [1.807, 2.05) is 0 Å². The van der Waals surface area contributed by atoms with Gasteiger partial charge in [-0.3, -0.25) is 4.90 Å². The molecule has 0 bridgehead atoms. The summed E-state index contributed by atoms with van der Waals surface area (Å²) in [5, 5.41) is 3.84. The Morgan fingerprint density at radius 1 is 1.35 bits per heavy atom. The fraction of sp³-hybridized carbons (Fsp3) is 0.600. The molecule has 0 unspecified atom stereocenters. The first-order chi connectivity index (χ1) is 9.20. The maximum absolute atomic E-state index is 13.9. The highest BCUT2D eigenvalue weighted by Gasteiger charge is 2.21. The summed E-state index contributed by atoms with van der Waals surface area (Å²) in [6, 6.07) is 5.55. The van der Waals surface area contributed by atoms with Crippen LogP contribution in [0.15, 0.2) is 18.2 Å². The van der Waals surface area contributed by atoms with Gasteiger partial charge in [0.05, 0.1) is 0 Å². The van der Waals surface area contributed by atoms with Gasteiger partial charge in [-0.25, -0.2) is 4.39 Å². The van der Waals surface area contributed by atoms with E-state index in [0.717, 1.165) is 44.5 Å². The average molecular weight is 321 g/mol. The van der Waals surface area contributed by atoms with Crippen molar-refractivity contribution in [3.63, 3.8) is 0 Å². The zero-order chi connectivity index (χ0) is 13.7. The number of rotatable bonds is 5. The number of nitrogens with zero attached hydrogens (tertiary/aromatic N) is 1. The minimum absolute atomic E-state index is 0. The predicted molar refractivity (Wildman–Crippen MR) is 85.3 cm³/mol. The SMILES string of the molecule is CCCN(Cc1ccc(Cl)cc1F)C1CCNCC1.Cl. The van der Waals surface area contributed by atoms with Crippen LogP contribution in [0.2, 0.25) is 5.02 Å². The van der Waals surface area contributed by atoms with Crippen molar-refractivity contribution in [3.8, 4) is 0 Å². The lowest BCUT2D eigenvalue weighted by molar-refractivity contribution is 0.152. The maximum Gasteiger partial charge on any atom is 0.129 e. The van der Waals surface area contributed by atoms with E-state index in [2.05, 4.69) is 17.1 Å². The van der Waals surface area contributed by atoms with Crippen molar-refractivity contribution >= 4 is 24.0 Å². The van der Waals surface area contributed by atoms with Crippen molar-refractivity contribution in [1.82, 2.24) is 10.2 Å². The van der Waals surface area contributed by atoms with E-state index in [9.17, 15) is 4.39 Å². The molecule has 1 N–H and O–H groups in total. The second-order valence-corrected chi connectivity index (χ2v) is 5.62. The highest BCUT2D eigenvalue weighted by atomic mass is 35.5. The third-order valence-corrected chi connectivity index (χ3v) is 3.96. The van der Waals surface area contributed by atoms with Crippen LogP contribution in [0, 0.1) is 5.82 Å². The Bertz CT molecular complexity index is 409. The molecule has 2 rings (SSSR count). The fourth-order valence-electron chi connectivity index (χ4n) is 2.72. The van der Waals surface area contributed by atoms with E-state index in [1.54, 1.807) is 12.1 Å². The van der Waals surface area contributed by atoms with Crippen LogP contribution in [0.4, 0.5) is 4.39 Å². The molecule has 1 aromatic carbocycles. The molecule has 1 aromatic rings. The van der Waals surface area contributed by atoms with Crippen LogP contribution in [-0.4, -0.2) is 30.6 Å². The fourth-order valence-corrected chi connectivity index (χ4v) is 2.88. The van der Waals surface area contributed by atoms with Crippen molar-refractivity contribution in [2.24, 2.45) is 0 Å². The van der Waals surface area contributed by atoms with Crippen molar-refractivity contribution in [2.45, 2.75) is 38.8 Å². The quantitative estimate of drug-likeness (QED) is 0.886. The Balaban J connectivity index is 0.00000200. The van der Waals surface area contributed by atoms with Crippen LogP contribution in [0.1, 0.15) is 31.7 Å². The molecular formula is C15H23Cl2FN2. The highest BCUT2D eigenvalue weighted by Crippen LogP contribution is 2.20. The second kappa shape index (κ2) is 8.83. The van der Waals surface area contributed by atoms with Gasteiger partial charge in [0.25, 0.3) is 0 Å². The highest BCUT2D eigenvalue weighted by molar-refractivity contribution is 6.30. The average Bonchev–Trinajstić information content (AvgIpc) is 2.42. The summed E-state index contributed by atoms with van der Waals surface area (Å²) in [6.45, 7) is 6.00. The van der Waals surface area contributed by atoms with E-state index in [-0.39, 0.29) is 18.2 Å². The van der Waals surface area contributed by atoms with Gasteiger partial charge in [0.15, 0.2) is 0 Å². The predicted octanol–water partition coefficient (Wildman–Crippen LogP) is 3.86. The third kappa shape index (κ3) is 4.88. The number of nitrogens with one attached hydrogen (secondary N) is 1. The smallest absolute Gasteiger partial charge is 0.129 e. The molecule has 0 radical (unpaired) electrons. The molecule has 0 atom stereocenters. The summed E-state index contributed by atoms with van der Waals surface area (Å²) in [5.41, 5.74) is 0.747. The van der Waals surface area contributed by atoms with Gasteiger partial charge >= 0.3 is 0 Å². The molecule has 0 spiro atoms. The van der Waals surface area contributed by atoms with Gasteiger partial charge in [-0.05, 0) is 51.0 Å². The van der Waals surface area contributed by atoms with Gasteiger partial charge in [-0.1, -0.05) is 24.6 Å². The van der Waals surface area contributed by atoms with Crippen LogP contribution in [0.5, 0.6) is 0 Å². The van der Waals surface area contributed by atoms with Gasteiger partial charge in [-0.2, -0.15) is 0 Å². The van der Waals surface area contributed by atoms with Crippen molar-refractivity contribution in [3.05, 3.63) is 34.6 Å². The van der Waals surface area contributed by atoms with Crippen molar-refractivity contribution in [1.29, 1.82) is 0 Å². The van der Waals surface area contributed by atoms with Crippen LogP contribution in [-0.2, 0) is 6.54 Å². The standard InChI is InChI=1S/C15H22ClFN2.ClH/c1-2-9-19(14-5-7-18-8-6-14)11-12-3-4-13(16)10-15(12)17;/h3-4,10,14,18H,2,5-9,11H2,1H3;1H. The Kier molecular flexibility index (Phi) is 7.82. The summed E-state index contributed by atoms with van der Waals surface area (Å²) in [7, 11) is 0. The van der Waals surface area contributed by atoms with Gasteiger partial charge in [0.1, 0.15) is 5.82 Å². The molecule has 2 nitrogen and oxygen atoms in total. The zero-order valence-corrected chi connectivity index (χ0v) is 13.4. The van der Waals surface area contributed by atoms with E-state index in [1.165, 1.54) is 6.07 Å². The molecule has 1 aliphatic heterocycles. The summed E-state index contributed by atoms with van der Waals surface area (Å²) in [5.74, 6) is -0.192. The second-order valence-electron chi connectivity index (χ2n) is 5.19. The molecule has 0 saturated carbocycles.